The predicted octanol–water partition coefficient (Wildman–Crippen LogP) is 3.34. The summed E-state index contributed by atoms with van der Waals surface area (Å²) < 4.78 is 20.6. The van der Waals surface area contributed by atoms with Gasteiger partial charge in [-0.2, -0.15) is 0 Å². The monoisotopic (exact) mass is 429 g/mol. The highest BCUT2D eigenvalue weighted by Crippen LogP contribution is 2.43. The second-order valence-corrected chi connectivity index (χ2v) is 9.54. The molecule has 0 radical (unpaired) electrons. The number of carbonyl (C=O) groups excluding carboxylic acids is 2. The molecule has 0 N–H and O–H groups in total. The molecule has 7 heteroatoms. The topological polar surface area (TPSA) is 53.1 Å². The van der Waals surface area contributed by atoms with E-state index in [2.05, 4.69) is 4.90 Å². The number of carbonyl (C=O) groups is 2. The highest BCUT2D eigenvalue weighted by molar-refractivity contribution is 5.94. The molecule has 4 aliphatic heterocycles. The van der Waals surface area contributed by atoms with E-state index in [-0.39, 0.29) is 23.7 Å². The van der Waals surface area contributed by atoms with Gasteiger partial charge in [0.15, 0.2) is 0 Å². The Morgan fingerprint density at radius 3 is 2.61 bits per heavy atom. The van der Waals surface area contributed by atoms with Crippen LogP contribution in [0.5, 0.6) is 0 Å². The van der Waals surface area contributed by atoms with E-state index in [4.69, 9.17) is 4.74 Å². The van der Waals surface area contributed by atoms with Gasteiger partial charge in [-0.1, -0.05) is 0 Å². The minimum absolute atomic E-state index is 0.0695. The normalized spacial score (nSPS) is 28.1. The highest BCUT2D eigenvalue weighted by Gasteiger charge is 2.50. The van der Waals surface area contributed by atoms with E-state index in [0.717, 1.165) is 71.2 Å². The second-order valence-electron chi connectivity index (χ2n) is 9.54. The zero-order valence-electron chi connectivity index (χ0n) is 18.2. The van der Waals surface area contributed by atoms with Crippen molar-refractivity contribution in [1.29, 1.82) is 0 Å². The summed E-state index contributed by atoms with van der Waals surface area (Å²) in [5.74, 6) is 0.0137. The first-order chi connectivity index (χ1) is 15.1. The van der Waals surface area contributed by atoms with Crippen LogP contribution in [0.3, 0.4) is 0 Å². The Balaban J connectivity index is 1.32. The molecule has 0 unspecified atom stereocenters. The van der Waals surface area contributed by atoms with Crippen molar-refractivity contribution >= 4 is 23.2 Å². The SMILES string of the molecule is O=C1CCCCN1c1ccc(N2CCC[C@]3(CCN(C4CCOCC4)C3=O)C2)c(F)c1. The fourth-order valence-corrected chi connectivity index (χ4v) is 5.91. The molecule has 4 aliphatic rings. The molecule has 4 heterocycles. The van der Waals surface area contributed by atoms with Crippen LogP contribution in [0.2, 0.25) is 0 Å². The first kappa shape index (κ1) is 20.7. The molecule has 4 fully saturated rings. The van der Waals surface area contributed by atoms with E-state index in [9.17, 15) is 9.59 Å². The molecule has 168 valence electrons. The molecular formula is C24H32FN3O3. The maximum atomic E-state index is 15.2. The molecule has 0 aromatic heterocycles. The number of hydrogen-bond acceptors (Lipinski definition) is 4. The van der Waals surface area contributed by atoms with Crippen LogP contribution >= 0.6 is 0 Å². The lowest BCUT2D eigenvalue weighted by atomic mass is 9.78. The number of nitrogens with zero attached hydrogens (tertiary/aromatic N) is 3. The van der Waals surface area contributed by atoms with Crippen LogP contribution in [-0.2, 0) is 14.3 Å². The number of hydrogen-bond donors (Lipinski definition) is 0. The van der Waals surface area contributed by atoms with Crippen molar-refractivity contribution in [1.82, 2.24) is 4.90 Å². The van der Waals surface area contributed by atoms with E-state index < -0.39 is 5.41 Å². The molecule has 0 bridgehead atoms. The minimum atomic E-state index is -0.398. The minimum Gasteiger partial charge on any atom is -0.381 e. The van der Waals surface area contributed by atoms with Gasteiger partial charge in [-0.05, 0) is 63.1 Å². The number of rotatable bonds is 3. The summed E-state index contributed by atoms with van der Waals surface area (Å²) in [6.45, 7) is 4.24. The summed E-state index contributed by atoms with van der Waals surface area (Å²) in [6, 6.07) is 5.42. The Kier molecular flexibility index (Phi) is 5.63. The summed E-state index contributed by atoms with van der Waals surface area (Å²) in [6.07, 6.45) is 6.84. The lowest BCUT2D eigenvalue weighted by molar-refractivity contribution is -0.139. The van der Waals surface area contributed by atoms with Crippen LogP contribution in [0.1, 0.15) is 51.4 Å². The third-order valence-corrected chi connectivity index (χ3v) is 7.66. The van der Waals surface area contributed by atoms with Crippen LogP contribution in [0.4, 0.5) is 15.8 Å². The van der Waals surface area contributed by atoms with Gasteiger partial charge in [-0.25, -0.2) is 4.39 Å². The Morgan fingerprint density at radius 1 is 1.00 bits per heavy atom. The molecule has 2 amide bonds. The van der Waals surface area contributed by atoms with Crippen LogP contribution in [-0.4, -0.2) is 62.1 Å². The molecule has 31 heavy (non-hydrogen) atoms. The van der Waals surface area contributed by atoms with Crippen molar-refractivity contribution < 1.29 is 18.7 Å². The molecule has 6 nitrogen and oxygen atoms in total. The lowest BCUT2D eigenvalue weighted by Crippen LogP contribution is -2.50. The van der Waals surface area contributed by atoms with Gasteiger partial charge >= 0.3 is 0 Å². The van der Waals surface area contributed by atoms with Crippen molar-refractivity contribution in [2.45, 2.75) is 57.4 Å². The number of anilines is 2. The third kappa shape index (κ3) is 3.81. The first-order valence-corrected chi connectivity index (χ1v) is 11.8. The van der Waals surface area contributed by atoms with Gasteiger partial charge in [-0.15, -0.1) is 0 Å². The van der Waals surface area contributed by atoms with Gasteiger partial charge < -0.3 is 19.4 Å². The van der Waals surface area contributed by atoms with Crippen molar-refractivity contribution in [3.63, 3.8) is 0 Å². The number of ether oxygens (including phenoxy) is 1. The van der Waals surface area contributed by atoms with Crippen molar-refractivity contribution in [2.75, 3.05) is 49.2 Å². The molecule has 1 aromatic rings. The van der Waals surface area contributed by atoms with Crippen LogP contribution in [0, 0.1) is 11.2 Å². The third-order valence-electron chi connectivity index (χ3n) is 7.66. The molecule has 4 saturated heterocycles. The van der Waals surface area contributed by atoms with Gasteiger partial charge in [0, 0.05) is 57.5 Å². The van der Waals surface area contributed by atoms with Gasteiger partial charge in [0.25, 0.3) is 0 Å². The van der Waals surface area contributed by atoms with Gasteiger partial charge in [-0.3, -0.25) is 9.59 Å². The lowest BCUT2D eigenvalue weighted by Gasteiger charge is -2.41. The number of amides is 2. The number of benzene rings is 1. The Labute approximate surface area is 183 Å². The van der Waals surface area contributed by atoms with Crippen molar-refractivity contribution in [3.8, 4) is 0 Å². The summed E-state index contributed by atoms with van der Waals surface area (Å²) in [7, 11) is 0. The summed E-state index contributed by atoms with van der Waals surface area (Å²) in [5, 5.41) is 0. The smallest absolute Gasteiger partial charge is 0.230 e. The summed E-state index contributed by atoms with van der Waals surface area (Å²) in [4.78, 5) is 31.5. The predicted molar refractivity (Wildman–Crippen MR) is 117 cm³/mol. The maximum absolute atomic E-state index is 15.2. The molecule has 0 saturated carbocycles. The zero-order valence-corrected chi connectivity index (χ0v) is 18.2. The Morgan fingerprint density at radius 2 is 1.84 bits per heavy atom. The Hall–Kier alpha value is -2.15. The quantitative estimate of drug-likeness (QED) is 0.740. The van der Waals surface area contributed by atoms with E-state index in [1.54, 1.807) is 11.0 Å². The standard InChI is InChI=1S/C24H32FN3O3/c25-20-16-19(27-12-2-1-4-22(27)29)5-6-21(20)26-11-3-9-24(17-26)10-13-28(23(24)30)18-7-14-31-15-8-18/h5-6,16,18H,1-4,7-15,17H2/t24-/m0/s1. The summed E-state index contributed by atoms with van der Waals surface area (Å²) >= 11 is 0. The Bertz CT molecular complexity index is 856. The maximum Gasteiger partial charge on any atom is 0.230 e. The summed E-state index contributed by atoms with van der Waals surface area (Å²) in [5.41, 5.74) is 0.787. The first-order valence-electron chi connectivity index (χ1n) is 11.8. The van der Waals surface area contributed by atoms with Crippen LogP contribution < -0.4 is 9.80 Å². The van der Waals surface area contributed by atoms with Gasteiger partial charge in [0.1, 0.15) is 5.82 Å². The van der Waals surface area contributed by atoms with E-state index in [1.165, 1.54) is 6.07 Å². The van der Waals surface area contributed by atoms with Gasteiger partial charge in [0.05, 0.1) is 11.1 Å². The fourth-order valence-electron chi connectivity index (χ4n) is 5.91. The van der Waals surface area contributed by atoms with Crippen molar-refractivity contribution in [3.05, 3.63) is 24.0 Å². The molecule has 1 spiro atoms. The fraction of sp³-hybridized carbons (Fsp3) is 0.667. The largest absolute Gasteiger partial charge is 0.381 e. The number of halogens is 1. The highest BCUT2D eigenvalue weighted by atomic mass is 19.1. The van der Waals surface area contributed by atoms with Crippen LogP contribution in [0.25, 0.3) is 0 Å². The van der Waals surface area contributed by atoms with Crippen molar-refractivity contribution in [2.24, 2.45) is 5.41 Å². The van der Waals surface area contributed by atoms with Gasteiger partial charge in [0.2, 0.25) is 11.8 Å². The van der Waals surface area contributed by atoms with E-state index in [0.29, 0.717) is 30.9 Å². The molecule has 0 aliphatic carbocycles. The molecular weight excluding hydrogens is 397 g/mol. The molecule has 1 atom stereocenters. The average Bonchev–Trinajstić information content (AvgIpc) is 3.10. The zero-order chi connectivity index (χ0) is 21.4. The molecule has 1 aromatic carbocycles. The number of piperidine rings is 2. The molecule has 5 rings (SSSR count). The second kappa shape index (κ2) is 8.41. The number of likely N-dealkylation sites (tertiary alicyclic amines) is 1. The van der Waals surface area contributed by atoms with E-state index >= 15 is 4.39 Å². The average molecular weight is 430 g/mol. The van der Waals surface area contributed by atoms with Crippen LogP contribution in [0.15, 0.2) is 18.2 Å². The van der Waals surface area contributed by atoms with E-state index in [1.807, 2.05) is 11.0 Å².